The van der Waals surface area contributed by atoms with Gasteiger partial charge in [0.25, 0.3) is 0 Å². The minimum Gasteiger partial charge on any atom is -0.324 e. The molecule has 1 saturated carbocycles. The summed E-state index contributed by atoms with van der Waals surface area (Å²) in [5, 5.41) is 0. The van der Waals surface area contributed by atoms with Gasteiger partial charge in [-0.1, -0.05) is 0 Å². The van der Waals surface area contributed by atoms with Crippen molar-refractivity contribution in [3.63, 3.8) is 0 Å². The summed E-state index contributed by atoms with van der Waals surface area (Å²) in [6.07, 6.45) is 4.59. The number of rotatable bonds is 2. The average molecular weight is 154 g/mol. The monoisotopic (exact) mass is 153 g/mol. The summed E-state index contributed by atoms with van der Waals surface area (Å²) in [5.74, 6) is 1.15. The van der Waals surface area contributed by atoms with E-state index in [1.807, 2.05) is 11.8 Å². The molecule has 1 aliphatic carbocycles. The van der Waals surface area contributed by atoms with Crippen LogP contribution in [0.25, 0.3) is 0 Å². The summed E-state index contributed by atoms with van der Waals surface area (Å²) in [5.41, 5.74) is 6.00. The largest absolute Gasteiger partial charge is 0.324 e. The van der Waals surface area contributed by atoms with Crippen molar-refractivity contribution >= 4 is 24.2 Å². The minimum absolute atomic E-state index is 0. The number of hydrogen-bond acceptors (Lipinski definition) is 2. The molecule has 8 heavy (non-hydrogen) atoms. The zero-order valence-electron chi connectivity index (χ0n) is 5.02. The highest BCUT2D eigenvalue weighted by Crippen LogP contribution is 2.34. The third kappa shape index (κ3) is 2.25. The molecule has 0 aromatic rings. The number of halogens is 1. The Hall–Kier alpha value is 0.600. The summed E-state index contributed by atoms with van der Waals surface area (Å²) >= 11 is 1.85. The second-order valence-electron chi connectivity index (χ2n) is 2.30. The molecule has 0 unspecified atom stereocenters. The van der Waals surface area contributed by atoms with Crippen LogP contribution >= 0.6 is 24.2 Å². The number of nitrogens with two attached hydrogens (primary N) is 1. The van der Waals surface area contributed by atoms with Crippen LogP contribution in [0, 0.1) is 0 Å². The normalized spacial score (nSPS) is 21.8. The Labute approximate surface area is 60.8 Å². The van der Waals surface area contributed by atoms with Crippen molar-refractivity contribution in [2.75, 3.05) is 12.0 Å². The number of thioether (sulfide) groups is 1. The first-order chi connectivity index (χ1) is 3.27. The maximum atomic E-state index is 5.74. The fourth-order valence-corrected chi connectivity index (χ4v) is 1.46. The summed E-state index contributed by atoms with van der Waals surface area (Å²) < 4.78 is 0. The van der Waals surface area contributed by atoms with Crippen LogP contribution in [0.5, 0.6) is 0 Å². The third-order valence-electron chi connectivity index (χ3n) is 1.32. The Balaban J connectivity index is 0.000000490. The lowest BCUT2D eigenvalue weighted by molar-refractivity contribution is 0.777. The second-order valence-corrected chi connectivity index (χ2v) is 3.16. The molecule has 1 rings (SSSR count). The van der Waals surface area contributed by atoms with E-state index in [0.717, 1.165) is 5.75 Å². The van der Waals surface area contributed by atoms with Gasteiger partial charge in [-0.05, 0) is 19.1 Å². The van der Waals surface area contributed by atoms with Gasteiger partial charge in [-0.3, -0.25) is 0 Å². The van der Waals surface area contributed by atoms with Crippen LogP contribution in [-0.4, -0.2) is 17.5 Å². The Bertz CT molecular complexity index is 72.8. The zero-order valence-corrected chi connectivity index (χ0v) is 6.65. The van der Waals surface area contributed by atoms with E-state index in [1.54, 1.807) is 0 Å². The van der Waals surface area contributed by atoms with Crippen molar-refractivity contribution in [3.8, 4) is 0 Å². The van der Waals surface area contributed by atoms with Crippen molar-refractivity contribution in [2.24, 2.45) is 5.73 Å². The van der Waals surface area contributed by atoms with Gasteiger partial charge in [-0.15, -0.1) is 12.4 Å². The smallest absolute Gasteiger partial charge is 0.0247 e. The van der Waals surface area contributed by atoms with E-state index in [0.29, 0.717) is 0 Å². The molecular weight excluding hydrogens is 142 g/mol. The van der Waals surface area contributed by atoms with Gasteiger partial charge in [0.15, 0.2) is 0 Å². The zero-order chi connectivity index (χ0) is 5.33. The van der Waals surface area contributed by atoms with Crippen molar-refractivity contribution in [1.82, 2.24) is 0 Å². The molecule has 2 N–H and O–H groups in total. The second kappa shape index (κ2) is 2.95. The van der Waals surface area contributed by atoms with Crippen LogP contribution < -0.4 is 5.73 Å². The summed E-state index contributed by atoms with van der Waals surface area (Å²) in [6.45, 7) is 0. The lowest BCUT2D eigenvalue weighted by atomic mass is 10.4. The molecule has 0 saturated heterocycles. The maximum Gasteiger partial charge on any atom is 0.0247 e. The van der Waals surface area contributed by atoms with Crippen molar-refractivity contribution in [2.45, 2.75) is 18.4 Å². The van der Waals surface area contributed by atoms with Gasteiger partial charge in [0.05, 0.1) is 0 Å². The molecular formula is C5H12ClNS. The molecule has 1 aliphatic rings. The van der Waals surface area contributed by atoms with Crippen molar-refractivity contribution in [1.29, 1.82) is 0 Å². The minimum atomic E-state index is 0. The molecule has 0 spiro atoms. The first-order valence-corrected chi connectivity index (χ1v) is 3.94. The highest BCUT2D eigenvalue weighted by molar-refractivity contribution is 7.98. The van der Waals surface area contributed by atoms with Crippen LogP contribution in [0.3, 0.4) is 0 Å². The molecule has 0 aromatic heterocycles. The maximum absolute atomic E-state index is 5.74. The number of hydrogen-bond donors (Lipinski definition) is 1. The van der Waals surface area contributed by atoms with Crippen LogP contribution in [0.15, 0.2) is 0 Å². The van der Waals surface area contributed by atoms with Gasteiger partial charge in [-0.2, -0.15) is 11.8 Å². The predicted molar refractivity (Wildman–Crippen MR) is 41.8 cm³/mol. The van der Waals surface area contributed by atoms with Crippen molar-refractivity contribution in [3.05, 3.63) is 0 Å². The Morgan fingerprint density at radius 1 is 1.62 bits per heavy atom. The standard InChI is InChI=1S/C5H11NS.ClH/c1-7-4-5(6)2-3-5;/h2-4,6H2,1H3;1H. The Kier molecular flexibility index (Phi) is 3.17. The Morgan fingerprint density at radius 2 is 2.12 bits per heavy atom. The summed E-state index contributed by atoms with van der Waals surface area (Å²) in [7, 11) is 0. The average Bonchev–Trinajstić information content (AvgIpc) is 2.22. The van der Waals surface area contributed by atoms with Crippen molar-refractivity contribution < 1.29 is 0 Å². The van der Waals surface area contributed by atoms with Crippen LogP contribution in [0.2, 0.25) is 0 Å². The van der Waals surface area contributed by atoms with E-state index in [-0.39, 0.29) is 17.9 Å². The molecule has 0 amide bonds. The van der Waals surface area contributed by atoms with E-state index in [2.05, 4.69) is 6.26 Å². The lowest BCUT2D eigenvalue weighted by Crippen LogP contribution is -2.24. The fraction of sp³-hybridized carbons (Fsp3) is 1.00. The highest BCUT2D eigenvalue weighted by Gasteiger charge is 2.36. The molecule has 0 aromatic carbocycles. The molecule has 0 heterocycles. The van der Waals surface area contributed by atoms with Crippen LogP contribution in [0.1, 0.15) is 12.8 Å². The van der Waals surface area contributed by atoms with Gasteiger partial charge < -0.3 is 5.73 Å². The highest BCUT2D eigenvalue weighted by atomic mass is 35.5. The van der Waals surface area contributed by atoms with E-state index >= 15 is 0 Å². The van der Waals surface area contributed by atoms with Crippen LogP contribution in [-0.2, 0) is 0 Å². The van der Waals surface area contributed by atoms with E-state index in [1.165, 1.54) is 12.8 Å². The predicted octanol–water partition coefficient (Wildman–Crippen LogP) is 1.26. The molecule has 0 radical (unpaired) electrons. The summed E-state index contributed by atoms with van der Waals surface area (Å²) in [4.78, 5) is 0. The first-order valence-electron chi connectivity index (χ1n) is 2.55. The molecule has 0 bridgehead atoms. The van der Waals surface area contributed by atoms with E-state index in [9.17, 15) is 0 Å². The van der Waals surface area contributed by atoms with Gasteiger partial charge in [0, 0.05) is 11.3 Å². The molecule has 1 nitrogen and oxygen atoms in total. The lowest BCUT2D eigenvalue weighted by Gasteiger charge is -2.01. The van der Waals surface area contributed by atoms with E-state index in [4.69, 9.17) is 5.73 Å². The third-order valence-corrected chi connectivity index (χ3v) is 2.19. The van der Waals surface area contributed by atoms with Gasteiger partial charge >= 0.3 is 0 Å². The topological polar surface area (TPSA) is 26.0 Å². The molecule has 3 heteroatoms. The van der Waals surface area contributed by atoms with Gasteiger partial charge in [-0.25, -0.2) is 0 Å². The SMILES string of the molecule is CSCC1(N)CC1.Cl. The molecule has 0 aliphatic heterocycles. The first kappa shape index (κ1) is 8.60. The fourth-order valence-electron chi connectivity index (χ4n) is 0.592. The van der Waals surface area contributed by atoms with Gasteiger partial charge in [0.1, 0.15) is 0 Å². The molecule has 0 atom stereocenters. The summed E-state index contributed by atoms with van der Waals surface area (Å²) in [6, 6.07) is 0. The van der Waals surface area contributed by atoms with Crippen LogP contribution in [0.4, 0.5) is 0 Å². The quantitative estimate of drug-likeness (QED) is 0.647. The van der Waals surface area contributed by atoms with Gasteiger partial charge in [0.2, 0.25) is 0 Å². The van der Waals surface area contributed by atoms with E-state index < -0.39 is 0 Å². The molecule has 50 valence electrons. The molecule has 1 fully saturated rings. The Morgan fingerprint density at radius 3 is 2.25 bits per heavy atom.